The van der Waals surface area contributed by atoms with Crippen molar-refractivity contribution in [2.24, 2.45) is 0 Å². The smallest absolute Gasteiger partial charge is 0.325 e. The van der Waals surface area contributed by atoms with Gasteiger partial charge in [0.1, 0.15) is 11.8 Å². The number of hydrogen-bond acceptors (Lipinski definition) is 6. The second-order valence-corrected chi connectivity index (χ2v) is 7.54. The molecule has 3 aromatic rings. The Labute approximate surface area is 170 Å². The minimum absolute atomic E-state index is 0.130. The fraction of sp³-hybridized carbons (Fsp3) is 0.200. The summed E-state index contributed by atoms with van der Waals surface area (Å²) in [7, 11) is 1.57. The zero-order valence-corrected chi connectivity index (χ0v) is 16.4. The summed E-state index contributed by atoms with van der Waals surface area (Å²) in [5.41, 5.74) is 1.58. The second-order valence-electron chi connectivity index (χ2n) is 6.51. The molecule has 1 aliphatic rings. The van der Waals surface area contributed by atoms with Crippen LogP contribution < -0.4 is 15.4 Å². The quantitative estimate of drug-likeness (QED) is 0.609. The molecule has 4 rings (SSSR count). The number of amides is 4. The van der Waals surface area contributed by atoms with E-state index in [-0.39, 0.29) is 18.9 Å². The lowest BCUT2D eigenvalue weighted by Gasteiger charge is -2.13. The molecule has 2 aromatic carbocycles. The Kier molecular flexibility index (Phi) is 5.13. The Morgan fingerprint density at radius 2 is 1.97 bits per heavy atom. The predicted octanol–water partition coefficient (Wildman–Crippen LogP) is 2.75. The lowest BCUT2D eigenvalue weighted by molar-refractivity contribution is -0.130. The second kappa shape index (κ2) is 7.88. The fourth-order valence-corrected chi connectivity index (χ4v) is 3.94. The third-order valence-corrected chi connectivity index (χ3v) is 5.49. The molecule has 9 heteroatoms. The summed E-state index contributed by atoms with van der Waals surface area (Å²) >= 11 is 1.35. The van der Waals surface area contributed by atoms with Crippen molar-refractivity contribution in [2.45, 2.75) is 19.0 Å². The predicted molar refractivity (Wildman–Crippen MR) is 109 cm³/mol. The third kappa shape index (κ3) is 4.04. The molecule has 0 radical (unpaired) electrons. The van der Waals surface area contributed by atoms with Crippen LogP contribution in [0.5, 0.6) is 5.75 Å². The molecule has 4 amide bonds. The zero-order chi connectivity index (χ0) is 20.4. The number of rotatable bonds is 6. The summed E-state index contributed by atoms with van der Waals surface area (Å²) in [5, 5.41) is 5.74. The van der Waals surface area contributed by atoms with Crippen LogP contribution in [0.1, 0.15) is 12.0 Å². The van der Waals surface area contributed by atoms with Gasteiger partial charge in [-0.15, -0.1) is 0 Å². The van der Waals surface area contributed by atoms with Gasteiger partial charge < -0.3 is 15.4 Å². The van der Waals surface area contributed by atoms with Crippen LogP contribution in [0, 0.1) is 0 Å². The minimum Gasteiger partial charge on any atom is -0.497 e. The minimum atomic E-state index is -0.893. The van der Waals surface area contributed by atoms with Crippen LogP contribution >= 0.6 is 11.3 Å². The normalized spacial score (nSPS) is 16.2. The average molecular weight is 410 g/mol. The summed E-state index contributed by atoms with van der Waals surface area (Å²) in [6.07, 6.45) is -0.153. The molecule has 0 spiro atoms. The van der Waals surface area contributed by atoms with E-state index in [4.69, 9.17) is 4.74 Å². The van der Waals surface area contributed by atoms with Crippen molar-refractivity contribution in [3.8, 4) is 5.75 Å². The van der Waals surface area contributed by atoms with Crippen molar-refractivity contribution in [2.75, 3.05) is 12.4 Å². The van der Waals surface area contributed by atoms with Gasteiger partial charge in [-0.25, -0.2) is 9.78 Å². The van der Waals surface area contributed by atoms with E-state index in [1.165, 1.54) is 11.3 Å². The first kappa shape index (κ1) is 18.9. The van der Waals surface area contributed by atoms with E-state index in [1.54, 1.807) is 31.4 Å². The molecular weight excluding hydrogens is 392 g/mol. The Balaban J connectivity index is 1.38. The van der Waals surface area contributed by atoms with Crippen LogP contribution in [0.2, 0.25) is 0 Å². The van der Waals surface area contributed by atoms with E-state index >= 15 is 0 Å². The topological polar surface area (TPSA) is 101 Å². The van der Waals surface area contributed by atoms with Crippen molar-refractivity contribution < 1.29 is 19.1 Å². The van der Waals surface area contributed by atoms with Crippen molar-refractivity contribution in [1.29, 1.82) is 0 Å². The summed E-state index contributed by atoms with van der Waals surface area (Å²) < 4.78 is 6.06. The highest BCUT2D eigenvalue weighted by atomic mass is 32.1. The molecular formula is C20H18N4O4S. The molecule has 0 unspecified atom stereocenters. The number of anilines is 1. The number of urea groups is 1. The Morgan fingerprint density at radius 3 is 2.69 bits per heavy atom. The molecule has 0 saturated carbocycles. The van der Waals surface area contributed by atoms with E-state index in [2.05, 4.69) is 15.6 Å². The number of nitrogens with one attached hydrogen (secondary N) is 2. The van der Waals surface area contributed by atoms with Crippen LogP contribution in [-0.2, 0) is 16.1 Å². The van der Waals surface area contributed by atoms with E-state index in [0.29, 0.717) is 10.9 Å². The Morgan fingerprint density at radius 1 is 1.21 bits per heavy atom. The van der Waals surface area contributed by atoms with Crippen LogP contribution in [0.15, 0.2) is 48.5 Å². The molecule has 1 fully saturated rings. The maximum absolute atomic E-state index is 12.6. The van der Waals surface area contributed by atoms with Crippen molar-refractivity contribution in [1.82, 2.24) is 15.2 Å². The molecule has 1 aliphatic heterocycles. The number of carbonyl (C=O) groups is 3. The number of hydrogen-bond donors (Lipinski definition) is 2. The molecule has 1 aromatic heterocycles. The first-order valence-electron chi connectivity index (χ1n) is 8.94. The molecule has 0 aliphatic carbocycles. The van der Waals surface area contributed by atoms with E-state index in [0.717, 1.165) is 20.7 Å². The maximum atomic E-state index is 12.6. The summed E-state index contributed by atoms with van der Waals surface area (Å²) in [6.45, 7) is 0.130. The molecule has 0 bridgehead atoms. The van der Waals surface area contributed by atoms with Gasteiger partial charge in [0.15, 0.2) is 5.13 Å². The number of nitrogens with zero attached hydrogens (tertiary/aromatic N) is 2. The number of para-hydroxylation sites is 1. The largest absolute Gasteiger partial charge is 0.497 e. The summed E-state index contributed by atoms with van der Waals surface area (Å²) in [4.78, 5) is 42.6. The summed E-state index contributed by atoms with van der Waals surface area (Å²) in [5.74, 6) is -0.116. The summed E-state index contributed by atoms with van der Waals surface area (Å²) in [6, 6.07) is 13.2. The van der Waals surface area contributed by atoms with Gasteiger partial charge in [-0.05, 0) is 29.8 Å². The molecule has 1 atom stereocenters. The molecule has 1 saturated heterocycles. The molecule has 2 N–H and O–H groups in total. The number of aromatic nitrogens is 1. The van der Waals surface area contributed by atoms with Crippen LogP contribution in [-0.4, -0.2) is 40.9 Å². The van der Waals surface area contributed by atoms with Gasteiger partial charge in [0, 0.05) is 0 Å². The fourth-order valence-electron chi connectivity index (χ4n) is 3.06. The first-order valence-corrected chi connectivity index (χ1v) is 9.75. The lowest BCUT2D eigenvalue weighted by atomic mass is 10.1. The molecule has 148 valence electrons. The maximum Gasteiger partial charge on any atom is 0.325 e. The first-order chi connectivity index (χ1) is 14.0. The van der Waals surface area contributed by atoms with E-state index in [1.807, 2.05) is 24.3 Å². The van der Waals surface area contributed by atoms with E-state index < -0.39 is 18.0 Å². The van der Waals surface area contributed by atoms with Crippen molar-refractivity contribution in [3.63, 3.8) is 0 Å². The lowest BCUT2D eigenvalue weighted by Crippen LogP contribution is -2.34. The van der Waals surface area contributed by atoms with Gasteiger partial charge in [0.2, 0.25) is 5.91 Å². The average Bonchev–Trinajstić information content (AvgIpc) is 3.23. The number of benzene rings is 2. The van der Waals surface area contributed by atoms with Crippen LogP contribution in [0.25, 0.3) is 10.2 Å². The van der Waals surface area contributed by atoms with Gasteiger partial charge in [0.25, 0.3) is 5.91 Å². The van der Waals surface area contributed by atoms with Crippen LogP contribution in [0.4, 0.5) is 9.93 Å². The van der Waals surface area contributed by atoms with Crippen molar-refractivity contribution >= 4 is 44.5 Å². The number of ether oxygens (including phenoxy) is 1. The SMILES string of the molecule is COc1ccc(CN2C(=O)N[C@@H](CC(=O)Nc3nc4ccccc4s3)C2=O)cc1. The van der Waals surface area contributed by atoms with Crippen LogP contribution in [0.3, 0.4) is 0 Å². The number of thiazole rings is 1. The zero-order valence-electron chi connectivity index (χ0n) is 15.5. The van der Waals surface area contributed by atoms with Gasteiger partial charge in [-0.3, -0.25) is 14.5 Å². The Bertz CT molecular complexity index is 1050. The number of imide groups is 1. The molecule has 8 nitrogen and oxygen atoms in total. The highest BCUT2D eigenvalue weighted by Gasteiger charge is 2.39. The highest BCUT2D eigenvalue weighted by Crippen LogP contribution is 2.25. The number of methoxy groups -OCH3 is 1. The Hall–Kier alpha value is -3.46. The standard InChI is InChI=1S/C20H18N4O4S/c1-28-13-8-6-12(7-9-13)11-24-18(26)15(22-20(24)27)10-17(25)23-19-21-14-4-2-3-5-16(14)29-19/h2-9,15H,10-11H2,1H3,(H,22,27)(H,21,23,25)/t15-/m0/s1. The number of carbonyl (C=O) groups excluding carboxylic acids is 3. The van der Waals surface area contributed by atoms with Gasteiger partial charge in [-0.1, -0.05) is 35.6 Å². The van der Waals surface area contributed by atoms with Gasteiger partial charge >= 0.3 is 6.03 Å². The van der Waals surface area contributed by atoms with E-state index in [9.17, 15) is 14.4 Å². The molecule has 2 heterocycles. The molecule has 29 heavy (non-hydrogen) atoms. The van der Waals surface area contributed by atoms with Crippen molar-refractivity contribution in [3.05, 3.63) is 54.1 Å². The monoisotopic (exact) mass is 410 g/mol. The number of fused-ring (bicyclic) bond motifs is 1. The van der Waals surface area contributed by atoms with Gasteiger partial charge in [0.05, 0.1) is 30.3 Å². The highest BCUT2D eigenvalue weighted by molar-refractivity contribution is 7.22. The van der Waals surface area contributed by atoms with Gasteiger partial charge in [-0.2, -0.15) is 0 Å². The third-order valence-electron chi connectivity index (χ3n) is 4.54.